The molecule has 11 fully saturated rings. The van der Waals surface area contributed by atoms with Gasteiger partial charge in [-0.3, -0.25) is 43.9 Å². The zero-order chi connectivity index (χ0) is 103. The van der Waals surface area contributed by atoms with Gasteiger partial charge >= 0.3 is 18.5 Å². The Morgan fingerprint density at radius 3 is 1.09 bits per heavy atom. The highest BCUT2D eigenvalue weighted by Gasteiger charge is 2.48. The van der Waals surface area contributed by atoms with E-state index in [-0.39, 0.29) is 62.9 Å². The second kappa shape index (κ2) is 65.4. The van der Waals surface area contributed by atoms with E-state index in [4.69, 9.17) is 18.7 Å². The molecule has 0 radical (unpaired) electrons. The van der Waals surface area contributed by atoms with Crippen LogP contribution in [0.25, 0.3) is 0 Å². The fourth-order valence-corrected chi connectivity index (χ4v) is 19.0. The Morgan fingerprint density at radius 1 is 0.400 bits per heavy atom. The number of hydrogen-bond acceptors (Lipinski definition) is 17. The summed E-state index contributed by atoms with van der Waals surface area (Å²) in [6.07, 6.45) is 5.86. The summed E-state index contributed by atoms with van der Waals surface area (Å²) in [5.41, 5.74) is 3.57. The van der Waals surface area contributed by atoms with E-state index in [1.54, 1.807) is 7.11 Å². The third-order valence-corrected chi connectivity index (χ3v) is 27.8. The molecule has 11 aliphatic heterocycles. The van der Waals surface area contributed by atoms with Gasteiger partial charge in [0.25, 0.3) is 5.92 Å². The van der Waals surface area contributed by atoms with Crippen LogP contribution in [0.15, 0.2) is 16.9 Å². The van der Waals surface area contributed by atoms with Crippen LogP contribution in [0.3, 0.4) is 0 Å². The first kappa shape index (κ1) is 130. The smallest absolute Gasteiger partial charge is 0.380 e. The van der Waals surface area contributed by atoms with E-state index in [1.165, 1.54) is 98.7 Å². The maximum atomic E-state index is 12.8. The molecule has 0 aromatic carbocycles. The number of alkyl halides is 12. The molecule has 11 saturated heterocycles. The van der Waals surface area contributed by atoms with Crippen molar-refractivity contribution in [2.75, 3.05) is 138 Å². The van der Waals surface area contributed by atoms with E-state index in [1.807, 2.05) is 103 Å². The van der Waals surface area contributed by atoms with Crippen molar-refractivity contribution in [3.05, 3.63) is 35.0 Å². The molecule has 0 aliphatic carbocycles. The number of nitrogens with zero attached hydrogens (tertiary/aromatic N) is 14. The Morgan fingerprint density at radius 2 is 0.807 bits per heavy atom. The molecule has 10 atom stereocenters. The normalized spacial score (nSPS) is 25.9. The highest BCUT2D eigenvalue weighted by Crippen LogP contribution is 2.37. The van der Waals surface area contributed by atoms with Crippen LogP contribution in [0.4, 0.5) is 52.7 Å². The Bertz CT molecular complexity index is 3150. The highest BCUT2D eigenvalue weighted by molar-refractivity contribution is 5.24. The van der Waals surface area contributed by atoms with Crippen molar-refractivity contribution in [1.82, 2.24) is 68.8 Å². The molecule has 11 aliphatic rings. The predicted molar refractivity (Wildman–Crippen MR) is 539 cm³/mol. The van der Waals surface area contributed by atoms with Crippen molar-refractivity contribution in [1.29, 1.82) is 0 Å². The van der Waals surface area contributed by atoms with Crippen LogP contribution in [0.5, 0.6) is 0 Å². The SMILES string of the molecule is CC(C)N1CCC(C(F)(F)F)C1.CC(C)N1CCCC(F)(F)C1.CC(C)N1CCC[C@@H]1C.CC(C)N1CCC[C@@H]1C(F)(F)F.CC(C)N1CCC[C@H](F)C1.CC(C)N1CCC[C@H]1C(F)(F)F.CC(C)N1CCO[C@H](C)C1.CC(C)N1C[C@@H](C)O[C@@H](C)C1.CC(C)c1cnn(C)c1.CC1CCN(C(C)C)C1.CC1CCN(C(C)C)CC1.CO[C@H]1CCN(C(C)C)C1.Cc1noc(C)c1C(C)C. The van der Waals surface area contributed by atoms with E-state index in [0.29, 0.717) is 106 Å². The number of halogens is 12. The first-order valence-electron chi connectivity index (χ1n) is 52.6. The molecule has 13 heterocycles. The summed E-state index contributed by atoms with van der Waals surface area (Å²) in [6, 6.07) is 3.72. The van der Waals surface area contributed by atoms with Crippen LogP contribution in [-0.2, 0) is 21.3 Å². The van der Waals surface area contributed by atoms with E-state index in [2.05, 4.69) is 211 Å². The summed E-state index contributed by atoms with van der Waals surface area (Å²) in [5, 5.41) is 7.92. The molecular weight excluding hydrogens is 1750 g/mol. The van der Waals surface area contributed by atoms with Crippen molar-refractivity contribution in [3.8, 4) is 0 Å². The zero-order valence-electron chi connectivity index (χ0n) is 92.2. The van der Waals surface area contributed by atoms with Gasteiger partial charge in [0.15, 0.2) is 0 Å². The van der Waals surface area contributed by atoms with Crippen molar-refractivity contribution in [2.24, 2.45) is 24.8 Å². The lowest BCUT2D eigenvalue weighted by Gasteiger charge is -2.37. The third kappa shape index (κ3) is 53.4. The Hall–Kier alpha value is -2.98. The number of piperidine rings is 3. The molecule has 0 amide bonds. The summed E-state index contributed by atoms with van der Waals surface area (Å²) in [4.78, 5) is 24.0. The third-order valence-electron chi connectivity index (χ3n) is 27.8. The second-order valence-corrected chi connectivity index (χ2v) is 44.0. The fourth-order valence-electron chi connectivity index (χ4n) is 19.0. The Balaban J connectivity index is 0.000000732. The molecule has 18 nitrogen and oxygen atoms in total. The minimum absolute atomic E-state index is 0.000810. The van der Waals surface area contributed by atoms with Gasteiger partial charge in [-0.05, 0) is 372 Å². The first-order chi connectivity index (χ1) is 62.4. The summed E-state index contributed by atoms with van der Waals surface area (Å²) in [5.74, 6) is 0.433. The minimum atomic E-state index is -4.04. The van der Waals surface area contributed by atoms with Crippen molar-refractivity contribution >= 4 is 0 Å². The summed E-state index contributed by atoms with van der Waals surface area (Å²) in [7, 11) is 3.74. The topological polar surface area (TPSA) is 107 Å². The number of aromatic nitrogens is 3. The van der Waals surface area contributed by atoms with Crippen LogP contribution >= 0.6 is 0 Å². The van der Waals surface area contributed by atoms with Crippen molar-refractivity contribution < 1.29 is 71.4 Å². The summed E-state index contributed by atoms with van der Waals surface area (Å²) in [6.45, 7) is 91.0. The molecule has 802 valence electrons. The lowest BCUT2D eigenvalue weighted by molar-refractivity contribution is -0.180. The quantitative estimate of drug-likeness (QED) is 0.167. The molecule has 135 heavy (non-hydrogen) atoms. The number of hydrogen-bond donors (Lipinski definition) is 0. The molecule has 2 unspecified atom stereocenters. The zero-order valence-corrected chi connectivity index (χ0v) is 92.2. The number of methoxy groups -OCH3 is 1. The molecular formula is C105H204F12N14O4. The average molecular weight is 1950 g/mol. The molecule has 0 N–H and O–H groups in total. The van der Waals surface area contributed by atoms with Crippen molar-refractivity contribution in [3.63, 3.8) is 0 Å². The van der Waals surface area contributed by atoms with Crippen LogP contribution in [0, 0.1) is 31.6 Å². The first-order valence-corrected chi connectivity index (χ1v) is 52.6. The number of aryl methyl sites for hydroxylation is 3. The molecule has 0 spiro atoms. The minimum Gasteiger partial charge on any atom is -0.380 e. The van der Waals surface area contributed by atoms with Crippen LogP contribution in [0.1, 0.15) is 352 Å². The van der Waals surface area contributed by atoms with Gasteiger partial charge in [-0.2, -0.15) is 44.6 Å². The molecule has 2 aromatic heterocycles. The summed E-state index contributed by atoms with van der Waals surface area (Å²) >= 11 is 0. The molecule has 30 heteroatoms. The van der Waals surface area contributed by atoms with Gasteiger partial charge in [0, 0.05) is 164 Å². The molecule has 0 saturated carbocycles. The van der Waals surface area contributed by atoms with Crippen molar-refractivity contribution in [2.45, 2.75) is 483 Å². The van der Waals surface area contributed by atoms with Gasteiger partial charge < -0.3 is 33.4 Å². The monoisotopic (exact) mass is 1950 g/mol. The van der Waals surface area contributed by atoms with Gasteiger partial charge in [-0.1, -0.05) is 46.7 Å². The van der Waals surface area contributed by atoms with Gasteiger partial charge in [0.1, 0.15) is 24.0 Å². The molecule has 13 rings (SSSR count). The maximum Gasteiger partial charge on any atom is 0.404 e. The summed E-state index contributed by atoms with van der Waals surface area (Å²) < 4.78 is 172. The van der Waals surface area contributed by atoms with Gasteiger partial charge in [-0.15, -0.1) is 0 Å². The number of morpholine rings is 2. The number of ether oxygens (including phenoxy) is 3. The Kier molecular flexibility index (Phi) is 63.0. The van der Waals surface area contributed by atoms with Crippen LogP contribution in [-0.4, -0.2) is 347 Å². The average Bonchev–Trinajstić information content (AvgIpc) is 1.70. The van der Waals surface area contributed by atoms with E-state index >= 15 is 0 Å². The lowest BCUT2D eigenvalue weighted by Crippen LogP contribution is -2.48. The molecule has 2 aromatic rings. The largest absolute Gasteiger partial charge is 0.404 e. The second-order valence-electron chi connectivity index (χ2n) is 44.0. The lowest BCUT2D eigenvalue weighted by atomic mass is 9.98. The van der Waals surface area contributed by atoms with Gasteiger partial charge in [0.2, 0.25) is 0 Å². The predicted octanol–water partition coefficient (Wildman–Crippen LogP) is 24.5. The maximum absolute atomic E-state index is 12.8. The van der Waals surface area contributed by atoms with Gasteiger partial charge in [0.05, 0.1) is 55.4 Å². The van der Waals surface area contributed by atoms with Crippen LogP contribution < -0.4 is 0 Å². The van der Waals surface area contributed by atoms with E-state index < -0.39 is 48.6 Å². The number of rotatable bonds is 14. The standard InChI is InChI=1S/C9H19NO.C9H19N.3C8H14F3N.C8H15F2N.C8H16FN.2C8H17NO.C8H13NO.2C8H17N.C7H12N2/c1-7(2)10-5-8(3)11-9(4)6-10;1-8(2)10-6-4-9(3)5-7-10;1-6(2)12-4-3-7(5-12)8(9,10)11;2*1-6(2)12-5-3-4-7(12)8(9,10)11;1-7(2)11-5-3-4-8(9,10)6-11;1-7(2)10-5-3-4-8(9)6-10;1-7(2)9-5-4-8(6-9)10-3;1-7(2)9-4-5-10-8(3)6-9;1-5(2)8-6(3)9-10-7(8)4;1-7(2)9-5-4-8(3)6-9;1-7(2)9-6-4-5-8(9)3;1-6(2)7-4-8-9(3)5-7/h7-9H,5-6H2,1-4H3;8-9H,4-7H2,1-3H3;3*6-7H,3-5H2,1-2H3;7H,3-6H2,1-2H3;7-8H,3-6H2,1-2H3;2*7-8H,4-6H2,1-3H3;5H,1-4H3;2*7-8H,4-6H2,1-3H3;4-6H,1-3H3/t8-,9+;;;2*7-;;3*8-;;;8-;/m...10.001..0./s1. The van der Waals surface area contributed by atoms with Gasteiger partial charge in [-0.25, -0.2) is 13.2 Å². The Labute approximate surface area is 817 Å². The van der Waals surface area contributed by atoms with E-state index in [9.17, 15) is 52.7 Å². The number of likely N-dealkylation sites (tertiary alicyclic amines) is 9. The highest BCUT2D eigenvalue weighted by atomic mass is 19.4. The van der Waals surface area contributed by atoms with E-state index in [0.717, 1.165) is 113 Å². The van der Waals surface area contributed by atoms with Crippen LogP contribution in [0.2, 0.25) is 0 Å². The molecule has 0 bridgehead atoms. The fraction of sp³-hybridized carbons (Fsp3) is 0.943.